The minimum absolute atomic E-state index is 0.194. The molecule has 4 N–H and O–H groups in total. The first kappa shape index (κ1) is 24.8. The summed E-state index contributed by atoms with van der Waals surface area (Å²) in [6.07, 6.45) is 3.27. The highest BCUT2D eigenvalue weighted by atomic mass is 35.5. The number of likely N-dealkylation sites (tertiary alicyclic amines) is 1. The Kier molecular flexibility index (Phi) is 6.88. The summed E-state index contributed by atoms with van der Waals surface area (Å²) < 4.78 is 0. The Balaban J connectivity index is 1.26. The first-order valence-corrected chi connectivity index (χ1v) is 12.7. The van der Waals surface area contributed by atoms with Gasteiger partial charge in [0.25, 0.3) is 0 Å². The molecule has 37 heavy (non-hydrogen) atoms. The van der Waals surface area contributed by atoms with Crippen molar-refractivity contribution in [2.75, 3.05) is 36.8 Å². The van der Waals surface area contributed by atoms with Crippen LogP contribution in [0.1, 0.15) is 41.1 Å². The van der Waals surface area contributed by atoms with Crippen LogP contribution in [0.25, 0.3) is 0 Å². The van der Waals surface area contributed by atoms with Gasteiger partial charge in [0.05, 0.1) is 6.20 Å². The Morgan fingerprint density at radius 1 is 1.08 bits per heavy atom. The summed E-state index contributed by atoms with van der Waals surface area (Å²) in [7, 11) is 0. The molecule has 0 radical (unpaired) electrons. The van der Waals surface area contributed by atoms with Crippen molar-refractivity contribution < 1.29 is 9.59 Å². The maximum Gasteiger partial charge on any atom is 0.328 e. The molecule has 5 rings (SSSR count). The standard InChI is InChI=1S/C25H30ClN9O2/c1-14-11-20(29-23-28-13-19(26)22(31-23)30-21-12-16(3)32-33-21)15(2)10-18(14)17-4-7-34(8-5-17)25(37)35-9-6-27-24(35)36/h10-13,17H,4-9H2,1-3H3,(H,27,36)(H3,28,29,30,31,32,33). The number of rotatable bonds is 5. The number of aromatic nitrogens is 4. The van der Waals surface area contributed by atoms with Gasteiger partial charge in [0.15, 0.2) is 11.6 Å². The third-order valence-electron chi connectivity index (χ3n) is 6.85. The molecule has 194 valence electrons. The van der Waals surface area contributed by atoms with E-state index in [0.717, 1.165) is 35.3 Å². The number of hydrogen-bond acceptors (Lipinski definition) is 7. The van der Waals surface area contributed by atoms with Crippen LogP contribution in [0.5, 0.6) is 0 Å². The Morgan fingerprint density at radius 2 is 1.86 bits per heavy atom. The number of aromatic amines is 1. The number of urea groups is 2. The van der Waals surface area contributed by atoms with Crippen LogP contribution in [-0.4, -0.2) is 68.2 Å². The monoisotopic (exact) mass is 523 g/mol. The number of hydrogen-bond donors (Lipinski definition) is 4. The second kappa shape index (κ2) is 10.3. The van der Waals surface area contributed by atoms with Crippen LogP contribution < -0.4 is 16.0 Å². The predicted molar refractivity (Wildman–Crippen MR) is 142 cm³/mol. The fraction of sp³-hybridized carbons (Fsp3) is 0.400. The number of anilines is 4. The summed E-state index contributed by atoms with van der Waals surface area (Å²) in [6.45, 7) is 8.29. The molecule has 2 saturated heterocycles. The van der Waals surface area contributed by atoms with Gasteiger partial charge in [0.2, 0.25) is 5.95 Å². The molecule has 0 unspecified atom stereocenters. The third-order valence-corrected chi connectivity index (χ3v) is 7.13. The lowest BCUT2D eigenvalue weighted by Crippen LogP contribution is -2.47. The minimum Gasteiger partial charge on any atom is -0.336 e. The van der Waals surface area contributed by atoms with E-state index in [1.54, 1.807) is 11.1 Å². The van der Waals surface area contributed by atoms with Crippen molar-refractivity contribution in [2.45, 2.75) is 39.5 Å². The zero-order chi connectivity index (χ0) is 26.1. The lowest BCUT2D eigenvalue weighted by atomic mass is 9.85. The number of amides is 4. The number of nitrogens with zero attached hydrogens (tertiary/aromatic N) is 5. The Labute approximate surface area is 220 Å². The third kappa shape index (κ3) is 5.31. The molecule has 2 aromatic heterocycles. The maximum absolute atomic E-state index is 12.7. The van der Waals surface area contributed by atoms with Gasteiger partial charge in [-0.3, -0.25) is 5.10 Å². The van der Waals surface area contributed by atoms with E-state index >= 15 is 0 Å². The van der Waals surface area contributed by atoms with Crippen LogP contribution in [0.2, 0.25) is 5.02 Å². The van der Waals surface area contributed by atoms with Gasteiger partial charge in [-0.2, -0.15) is 10.1 Å². The molecule has 4 amide bonds. The van der Waals surface area contributed by atoms with Crippen LogP contribution in [0.15, 0.2) is 24.4 Å². The topological polar surface area (TPSA) is 131 Å². The van der Waals surface area contributed by atoms with E-state index in [9.17, 15) is 9.59 Å². The number of benzene rings is 1. The lowest BCUT2D eigenvalue weighted by Gasteiger charge is -2.34. The van der Waals surface area contributed by atoms with E-state index in [0.29, 0.717) is 54.7 Å². The van der Waals surface area contributed by atoms with E-state index in [1.165, 1.54) is 10.5 Å². The molecule has 4 heterocycles. The highest BCUT2D eigenvalue weighted by molar-refractivity contribution is 6.32. The van der Waals surface area contributed by atoms with Crippen molar-refractivity contribution in [1.82, 2.24) is 35.3 Å². The molecule has 0 bridgehead atoms. The summed E-state index contributed by atoms with van der Waals surface area (Å²) in [5.74, 6) is 1.86. The van der Waals surface area contributed by atoms with Crippen molar-refractivity contribution in [3.63, 3.8) is 0 Å². The second-order valence-electron chi connectivity index (χ2n) is 9.53. The molecule has 0 aliphatic carbocycles. The van der Waals surface area contributed by atoms with Gasteiger partial charge >= 0.3 is 12.1 Å². The summed E-state index contributed by atoms with van der Waals surface area (Å²) in [5.41, 5.74) is 5.36. The molecule has 11 nitrogen and oxygen atoms in total. The number of nitrogens with one attached hydrogen (secondary N) is 4. The van der Waals surface area contributed by atoms with Crippen LogP contribution in [-0.2, 0) is 0 Å². The molecule has 0 saturated carbocycles. The molecule has 2 fully saturated rings. The number of piperidine rings is 1. The highest BCUT2D eigenvalue weighted by Gasteiger charge is 2.33. The molecule has 0 atom stereocenters. The average molecular weight is 524 g/mol. The minimum atomic E-state index is -0.300. The normalized spacial score (nSPS) is 16.2. The molecular weight excluding hydrogens is 494 g/mol. The average Bonchev–Trinajstić information content (AvgIpc) is 3.50. The van der Waals surface area contributed by atoms with E-state index in [4.69, 9.17) is 11.6 Å². The molecular formula is C25H30ClN9O2. The largest absolute Gasteiger partial charge is 0.336 e. The van der Waals surface area contributed by atoms with Gasteiger partial charge in [0.1, 0.15) is 5.02 Å². The SMILES string of the molecule is Cc1cc(Nc2nc(Nc3cc(C)c(C4CCN(C(=O)N5CCNC5=O)CC4)cc3C)ncc2Cl)n[nH]1. The van der Waals surface area contributed by atoms with E-state index in [-0.39, 0.29) is 12.1 Å². The summed E-state index contributed by atoms with van der Waals surface area (Å²) in [6, 6.07) is 5.68. The van der Waals surface area contributed by atoms with Crippen molar-refractivity contribution in [1.29, 1.82) is 0 Å². The lowest BCUT2D eigenvalue weighted by molar-refractivity contribution is 0.151. The number of carbonyl (C=O) groups excluding carboxylic acids is 2. The van der Waals surface area contributed by atoms with Crippen LogP contribution in [0, 0.1) is 20.8 Å². The number of H-pyrrole nitrogens is 1. The van der Waals surface area contributed by atoms with Crippen molar-refractivity contribution in [3.05, 3.63) is 51.8 Å². The van der Waals surface area contributed by atoms with Gasteiger partial charge in [-0.1, -0.05) is 17.7 Å². The Bertz CT molecular complexity index is 1330. The number of halogens is 1. The fourth-order valence-corrected chi connectivity index (χ4v) is 5.00. The van der Waals surface area contributed by atoms with Crippen LogP contribution >= 0.6 is 11.6 Å². The zero-order valence-corrected chi connectivity index (χ0v) is 21.8. The summed E-state index contributed by atoms with van der Waals surface area (Å²) >= 11 is 6.29. The summed E-state index contributed by atoms with van der Waals surface area (Å²) in [5, 5.41) is 16.6. The quantitative estimate of drug-likeness (QED) is 0.384. The fourth-order valence-electron chi connectivity index (χ4n) is 4.86. The van der Waals surface area contributed by atoms with E-state index in [1.807, 2.05) is 13.0 Å². The molecule has 1 aromatic carbocycles. The molecule has 3 aromatic rings. The number of carbonyl (C=O) groups is 2. The van der Waals surface area contributed by atoms with E-state index < -0.39 is 0 Å². The molecule has 2 aliphatic heterocycles. The van der Waals surface area contributed by atoms with E-state index in [2.05, 4.69) is 62.1 Å². The first-order valence-electron chi connectivity index (χ1n) is 12.3. The molecule has 0 spiro atoms. The van der Waals surface area contributed by atoms with Crippen molar-refractivity contribution >= 4 is 46.9 Å². The van der Waals surface area contributed by atoms with Crippen molar-refractivity contribution in [2.24, 2.45) is 0 Å². The molecule has 12 heteroatoms. The smallest absolute Gasteiger partial charge is 0.328 e. The van der Waals surface area contributed by atoms with Gasteiger partial charge < -0.3 is 20.9 Å². The van der Waals surface area contributed by atoms with Crippen LogP contribution in [0.3, 0.4) is 0 Å². The second-order valence-corrected chi connectivity index (χ2v) is 9.93. The van der Waals surface area contributed by atoms with Gasteiger partial charge in [-0.15, -0.1) is 0 Å². The van der Waals surface area contributed by atoms with Gasteiger partial charge in [0, 0.05) is 43.6 Å². The highest BCUT2D eigenvalue weighted by Crippen LogP contribution is 2.34. The van der Waals surface area contributed by atoms with Crippen molar-refractivity contribution in [3.8, 4) is 0 Å². The zero-order valence-electron chi connectivity index (χ0n) is 21.1. The number of aryl methyl sites for hydroxylation is 3. The van der Waals surface area contributed by atoms with Gasteiger partial charge in [-0.05, 0) is 62.3 Å². The van der Waals surface area contributed by atoms with Gasteiger partial charge in [-0.25, -0.2) is 19.5 Å². The summed E-state index contributed by atoms with van der Waals surface area (Å²) in [4.78, 5) is 36.5. The predicted octanol–water partition coefficient (Wildman–Crippen LogP) is 4.59. The molecule has 2 aliphatic rings. The first-order chi connectivity index (χ1) is 17.8. The Hall–Kier alpha value is -3.86. The number of imide groups is 1. The Morgan fingerprint density at radius 3 is 2.54 bits per heavy atom. The van der Waals surface area contributed by atoms with Crippen LogP contribution in [0.4, 0.5) is 32.9 Å². The maximum atomic E-state index is 12.7.